The van der Waals surface area contributed by atoms with Crippen LogP contribution in [0.4, 0.5) is 0 Å². The Morgan fingerprint density at radius 1 is 1.14 bits per heavy atom. The summed E-state index contributed by atoms with van der Waals surface area (Å²) in [5, 5.41) is 10.7. The van der Waals surface area contributed by atoms with E-state index in [-0.39, 0.29) is 11.5 Å². The van der Waals surface area contributed by atoms with E-state index in [0.29, 0.717) is 18.3 Å². The third-order valence-electron chi connectivity index (χ3n) is 4.65. The molecule has 28 heavy (non-hydrogen) atoms. The molecule has 0 aliphatic rings. The van der Waals surface area contributed by atoms with Gasteiger partial charge in [0, 0.05) is 19.0 Å². The molecule has 1 atom stereocenters. The summed E-state index contributed by atoms with van der Waals surface area (Å²) in [6.07, 6.45) is 0. The van der Waals surface area contributed by atoms with Crippen molar-refractivity contribution in [3.8, 4) is 0 Å². The summed E-state index contributed by atoms with van der Waals surface area (Å²) in [5.74, 6) is 1.98. The average molecular weight is 387 g/mol. The van der Waals surface area contributed by atoms with Crippen LogP contribution < -0.4 is 10.6 Å². The first kappa shape index (κ1) is 21.9. The molecule has 154 valence electrons. The maximum atomic E-state index is 5.34. The highest BCUT2D eigenvalue weighted by Crippen LogP contribution is 2.20. The number of nitrogens with one attached hydrogen (secondary N) is 2. The Hall–Kier alpha value is -2.41. The SMILES string of the molecule is CCN(CC)C(CNC(=NC)NCc1noc(C(C)(C)C)n1)c1ccccc1. The standard InChI is InChI=1S/C21H34N6O/c1-7-27(8-2)17(16-12-10-9-11-13-16)14-23-20(22-6)24-15-18-25-19(28-26-18)21(3,4)5/h9-13,17H,7-8,14-15H2,1-6H3,(H2,22,23,24). The van der Waals surface area contributed by atoms with Crippen LogP contribution in [0.1, 0.15) is 57.9 Å². The Balaban J connectivity index is 1.98. The normalized spacial score (nSPS) is 13.6. The first-order valence-electron chi connectivity index (χ1n) is 9.95. The number of benzene rings is 1. The minimum Gasteiger partial charge on any atom is -0.354 e. The first-order chi connectivity index (χ1) is 13.4. The van der Waals surface area contributed by atoms with Gasteiger partial charge in [-0.2, -0.15) is 4.98 Å². The van der Waals surface area contributed by atoms with E-state index in [2.05, 4.69) is 89.6 Å². The molecule has 7 nitrogen and oxygen atoms in total. The van der Waals surface area contributed by atoms with Crippen LogP contribution in [0, 0.1) is 0 Å². The average Bonchev–Trinajstić information content (AvgIpc) is 3.17. The molecular weight excluding hydrogens is 352 g/mol. The lowest BCUT2D eigenvalue weighted by Gasteiger charge is -2.30. The number of rotatable bonds is 8. The highest BCUT2D eigenvalue weighted by molar-refractivity contribution is 5.79. The fraction of sp³-hybridized carbons (Fsp3) is 0.571. The van der Waals surface area contributed by atoms with Crippen molar-refractivity contribution in [3.05, 3.63) is 47.6 Å². The van der Waals surface area contributed by atoms with E-state index in [1.165, 1.54) is 5.56 Å². The maximum Gasteiger partial charge on any atom is 0.232 e. The molecule has 0 amide bonds. The highest BCUT2D eigenvalue weighted by Gasteiger charge is 2.22. The molecular formula is C21H34N6O. The molecule has 2 N–H and O–H groups in total. The van der Waals surface area contributed by atoms with Crippen molar-refractivity contribution in [2.75, 3.05) is 26.7 Å². The Labute approximate surface area is 168 Å². The van der Waals surface area contributed by atoms with Crippen molar-refractivity contribution < 1.29 is 4.52 Å². The predicted octanol–water partition coefficient (Wildman–Crippen LogP) is 3.12. The molecule has 1 aromatic carbocycles. The molecule has 0 saturated carbocycles. The highest BCUT2D eigenvalue weighted by atomic mass is 16.5. The second-order valence-electron chi connectivity index (χ2n) is 7.72. The summed E-state index contributed by atoms with van der Waals surface area (Å²) in [7, 11) is 1.76. The monoisotopic (exact) mass is 386 g/mol. The van der Waals surface area contributed by atoms with Crippen molar-refractivity contribution in [2.45, 2.75) is 52.6 Å². The molecule has 7 heteroatoms. The smallest absolute Gasteiger partial charge is 0.232 e. The predicted molar refractivity (Wildman–Crippen MR) is 113 cm³/mol. The van der Waals surface area contributed by atoms with E-state index in [1.807, 2.05) is 6.07 Å². The minimum atomic E-state index is -0.155. The number of aromatic nitrogens is 2. The Bertz CT molecular complexity index is 731. The van der Waals surface area contributed by atoms with Crippen LogP contribution in [0.5, 0.6) is 0 Å². The molecule has 0 saturated heterocycles. The zero-order valence-corrected chi connectivity index (χ0v) is 18.0. The van der Waals surface area contributed by atoms with E-state index in [9.17, 15) is 0 Å². The summed E-state index contributed by atoms with van der Waals surface area (Å²) in [6.45, 7) is 13.7. The van der Waals surface area contributed by atoms with Crippen LogP contribution in [0.2, 0.25) is 0 Å². The van der Waals surface area contributed by atoms with E-state index >= 15 is 0 Å². The zero-order chi connectivity index (χ0) is 20.6. The molecule has 2 rings (SSSR count). The molecule has 0 bridgehead atoms. The van der Waals surface area contributed by atoms with E-state index in [1.54, 1.807) is 7.05 Å². The van der Waals surface area contributed by atoms with E-state index in [0.717, 1.165) is 25.6 Å². The number of hydrogen-bond donors (Lipinski definition) is 2. The van der Waals surface area contributed by atoms with E-state index in [4.69, 9.17) is 4.52 Å². The van der Waals surface area contributed by atoms with Gasteiger partial charge in [-0.05, 0) is 18.7 Å². The molecule has 0 aliphatic heterocycles. The molecule has 0 fully saturated rings. The van der Waals surface area contributed by atoms with Crippen LogP contribution in [0.25, 0.3) is 0 Å². The van der Waals surface area contributed by atoms with Crippen LogP contribution in [0.3, 0.4) is 0 Å². The second-order valence-corrected chi connectivity index (χ2v) is 7.72. The minimum absolute atomic E-state index is 0.155. The number of guanidine groups is 1. The Kier molecular flexibility index (Phi) is 7.99. The number of aliphatic imine (C=N–C) groups is 1. The topological polar surface area (TPSA) is 78.6 Å². The van der Waals surface area contributed by atoms with Crippen molar-refractivity contribution in [1.82, 2.24) is 25.7 Å². The van der Waals surface area contributed by atoms with Gasteiger partial charge in [0.05, 0.1) is 12.6 Å². The molecule has 2 aromatic rings. The van der Waals surface area contributed by atoms with Crippen LogP contribution in [0.15, 0.2) is 39.8 Å². The fourth-order valence-electron chi connectivity index (χ4n) is 3.00. The lowest BCUT2D eigenvalue weighted by atomic mass is 9.97. The van der Waals surface area contributed by atoms with Crippen molar-refractivity contribution in [1.29, 1.82) is 0 Å². The number of nitrogens with zero attached hydrogens (tertiary/aromatic N) is 4. The largest absolute Gasteiger partial charge is 0.354 e. The molecule has 1 aromatic heterocycles. The number of likely N-dealkylation sites (N-methyl/N-ethyl adjacent to an activating group) is 1. The van der Waals surface area contributed by atoms with Crippen LogP contribution >= 0.6 is 0 Å². The van der Waals surface area contributed by atoms with Gasteiger partial charge in [0.25, 0.3) is 0 Å². The molecule has 0 spiro atoms. The Morgan fingerprint density at radius 3 is 2.36 bits per heavy atom. The van der Waals surface area contributed by atoms with Gasteiger partial charge in [-0.25, -0.2) is 0 Å². The molecule has 1 unspecified atom stereocenters. The quantitative estimate of drug-likeness (QED) is 0.536. The second kappa shape index (κ2) is 10.2. The molecule has 0 aliphatic carbocycles. The number of hydrogen-bond acceptors (Lipinski definition) is 5. The van der Waals surface area contributed by atoms with Gasteiger partial charge in [-0.1, -0.05) is 70.1 Å². The van der Waals surface area contributed by atoms with E-state index < -0.39 is 0 Å². The fourth-order valence-corrected chi connectivity index (χ4v) is 3.00. The van der Waals surface area contributed by atoms with Gasteiger partial charge >= 0.3 is 0 Å². The zero-order valence-electron chi connectivity index (χ0n) is 18.0. The van der Waals surface area contributed by atoms with Crippen molar-refractivity contribution >= 4 is 5.96 Å². The Morgan fingerprint density at radius 2 is 1.82 bits per heavy atom. The van der Waals surface area contributed by atoms with Crippen LogP contribution in [-0.2, 0) is 12.0 Å². The molecule has 1 heterocycles. The summed E-state index contributed by atoms with van der Waals surface area (Å²) in [4.78, 5) is 11.2. The summed E-state index contributed by atoms with van der Waals surface area (Å²) < 4.78 is 5.34. The first-order valence-corrected chi connectivity index (χ1v) is 9.95. The lowest BCUT2D eigenvalue weighted by Crippen LogP contribution is -2.43. The summed E-state index contributed by atoms with van der Waals surface area (Å²) in [6, 6.07) is 10.8. The van der Waals surface area contributed by atoms with Gasteiger partial charge in [0.2, 0.25) is 5.89 Å². The lowest BCUT2D eigenvalue weighted by molar-refractivity contribution is 0.219. The van der Waals surface area contributed by atoms with Gasteiger partial charge < -0.3 is 15.2 Å². The third-order valence-corrected chi connectivity index (χ3v) is 4.65. The van der Waals surface area contributed by atoms with Crippen LogP contribution in [-0.4, -0.2) is 47.7 Å². The molecule has 0 radical (unpaired) electrons. The summed E-state index contributed by atoms with van der Waals surface area (Å²) >= 11 is 0. The van der Waals surface area contributed by atoms with Crippen molar-refractivity contribution in [2.24, 2.45) is 4.99 Å². The van der Waals surface area contributed by atoms with Gasteiger partial charge in [-0.15, -0.1) is 0 Å². The third kappa shape index (κ3) is 6.05. The summed E-state index contributed by atoms with van der Waals surface area (Å²) in [5.41, 5.74) is 1.14. The van der Waals surface area contributed by atoms with Gasteiger partial charge in [0.1, 0.15) is 0 Å². The van der Waals surface area contributed by atoms with Gasteiger partial charge in [-0.3, -0.25) is 9.89 Å². The maximum absolute atomic E-state index is 5.34. The van der Waals surface area contributed by atoms with Crippen molar-refractivity contribution in [3.63, 3.8) is 0 Å². The van der Waals surface area contributed by atoms with Gasteiger partial charge in [0.15, 0.2) is 11.8 Å².